The van der Waals surface area contributed by atoms with Crippen molar-refractivity contribution in [3.05, 3.63) is 189 Å². The van der Waals surface area contributed by atoms with E-state index in [0.717, 1.165) is 37.6 Å². The Morgan fingerprint density at radius 3 is 1.36 bits per heavy atom. The molecule has 13 rings (SSSR count). The smallest absolute Gasteiger partial charge is 0.276 e. The van der Waals surface area contributed by atoms with Gasteiger partial charge in [0.15, 0.2) is 46.8 Å². The predicted molar refractivity (Wildman–Crippen MR) is 300 cm³/mol. The van der Waals surface area contributed by atoms with E-state index in [4.69, 9.17) is 9.47 Å². The van der Waals surface area contributed by atoms with Crippen molar-refractivity contribution in [2.24, 2.45) is 0 Å². The molecule has 7 aliphatic rings. The molecule has 0 aliphatic carbocycles. The summed E-state index contributed by atoms with van der Waals surface area (Å²) in [4.78, 5) is 121. The van der Waals surface area contributed by atoms with E-state index in [1.807, 2.05) is 6.92 Å². The summed E-state index contributed by atoms with van der Waals surface area (Å²) in [5.74, 6) is -11.2. The van der Waals surface area contributed by atoms with Gasteiger partial charge in [0.1, 0.15) is 57.8 Å². The summed E-state index contributed by atoms with van der Waals surface area (Å²) in [6.07, 6.45) is 5.00. The number of halogens is 6. The minimum absolute atomic E-state index is 0.0289. The zero-order valence-corrected chi connectivity index (χ0v) is 47.8. The number of aromatic nitrogens is 3. The van der Waals surface area contributed by atoms with E-state index in [-0.39, 0.29) is 96.4 Å². The lowest BCUT2D eigenvalue weighted by Gasteiger charge is -2.44. The summed E-state index contributed by atoms with van der Waals surface area (Å²) in [5, 5.41) is 38.3. The Labute approximate surface area is 505 Å². The molecule has 3 aromatic heterocycles. The lowest BCUT2D eigenvalue weighted by Crippen LogP contribution is -2.57. The summed E-state index contributed by atoms with van der Waals surface area (Å²) in [5.41, 5.74) is -4.54. The number of rotatable bonds is 9. The number of carbonyl (C=O) groups excluding carboxylic acids is 6. The van der Waals surface area contributed by atoms with Gasteiger partial charge in [-0.05, 0) is 51.3 Å². The highest BCUT2D eigenvalue weighted by Crippen LogP contribution is 2.36. The van der Waals surface area contributed by atoms with Gasteiger partial charge in [-0.2, -0.15) is 0 Å². The van der Waals surface area contributed by atoms with Gasteiger partial charge in [0, 0.05) is 98.3 Å². The van der Waals surface area contributed by atoms with Gasteiger partial charge in [-0.25, -0.2) is 26.3 Å². The molecule has 7 aliphatic heterocycles. The topological polar surface area (TPSA) is 297 Å². The molecule has 0 bridgehead atoms. The number of amides is 6. The molecule has 6 N–H and O–H groups in total. The first-order valence-corrected chi connectivity index (χ1v) is 28.4. The number of pyridine rings is 3. The van der Waals surface area contributed by atoms with Crippen molar-refractivity contribution in [3.8, 4) is 17.2 Å². The minimum atomic E-state index is -1.01. The number of aromatic hydroxyl groups is 3. The highest BCUT2D eigenvalue weighted by atomic mass is 19.2. The van der Waals surface area contributed by atoms with Gasteiger partial charge in [-0.1, -0.05) is 18.2 Å². The third-order valence-corrected chi connectivity index (χ3v) is 16.8. The average Bonchev–Trinajstić information content (AvgIpc) is 1.41. The van der Waals surface area contributed by atoms with Crippen molar-refractivity contribution < 1.29 is 79.9 Å². The van der Waals surface area contributed by atoms with Crippen LogP contribution in [0.4, 0.5) is 26.3 Å². The predicted octanol–water partition coefficient (Wildman–Crippen LogP) is 3.34. The molecule has 0 radical (unpaired) electrons. The lowest BCUT2D eigenvalue weighted by atomic mass is 10.1. The van der Waals surface area contributed by atoms with Crippen molar-refractivity contribution in [3.63, 3.8) is 0 Å². The monoisotopic (exact) mass is 1250 g/mol. The van der Waals surface area contributed by atoms with Crippen LogP contribution in [0.5, 0.6) is 17.2 Å². The van der Waals surface area contributed by atoms with E-state index >= 15 is 0 Å². The van der Waals surface area contributed by atoms with Gasteiger partial charge in [0.25, 0.3) is 35.4 Å². The Morgan fingerprint density at radius 1 is 0.522 bits per heavy atom. The SMILES string of the molecule is C[C@@H]1CCO[C@H]2Cn3cc(C(=O)NCc4ccc(F)cc4F)c(=O)c(O)c3C(=O)N12.C[C@H]1CO[C@@H]2Cn3cc(C(=O)NCc4ccc(F)cc4F)c(=O)c(O)c3C(=O)N12.O=C(NCc1ccc(F)cc1F)c1cn2c(c(O)c1=O)C(=O)N1C[C@H]3CCCN3[C@@H]1C2. The van der Waals surface area contributed by atoms with Crippen molar-refractivity contribution in [1.29, 1.82) is 0 Å². The van der Waals surface area contributed by atoms with Gasteiger partial charge in [-0.15, -0.1) is 0 Å². The van der Waals surface area contributed by atoms with E-state index in [1.165, 1.54) is 60.3 Å². The molecule has 30 heteroatoms. The maximum atomic E-state index is 13.8. The molecule has 6 atom stereocenters. The Bertz CT molecular complexity index is 4180. The second-order valence-electron chi connectivity index (χ2n) is 22.4. The van der Waals surface area contributed by atoms with Crippen molar-refractivity contribution in [2.45, 2.75) is 109 Å². The molecule has 3 aromatic carbocycles. The molecule has 90 heavy (non-hydrogen) atoms. The Kier molecular flexibility index (Phi) is 16.9. The molecule has 6 aromatic rings. The number of nitrogens with zero attached hydrogens (tertiary/aromatic N) is 7. The second-order valence-corrected chi connectivity index (χ2v) is 22.4. The summed E-state index contributed by atoms with van der Waals surface area (Å²) >= 11 is 0. The van der Waals surface area contributed by atoms with Crippen LogP contribution in [0.1, 0.15) is 112 Å². The summed E-state index contributed by atoms with van der Waals surface area (Å²) in [6.45, 7) is 5.65. The van der Waals surface area contributed by atoms with Crippen LogP contribution in [0.25, 0.3) is 0 Å². The first-order valence-electron chi connectivity index (χ1n) is 28.4. The Morgan fingerprint density at radius 2 is 0.922 bits per heavy atom. The van der Waals surface area contributed by atoms with Gasteiger partial charge >= 0.3 is 0 Å². The molecular weight excluding hydrogens is 1200 g/mol. The molecule has 10 heterocycles. The van der Waals surface area contributed by atoms with Gasteiger partial charge in [0.2, 0.25) is 16.3 Å². The molecule has 472 valence electrons. The fourth-order valence-corrected chi connectivity index (χ4v) is 12.2. The van der Waals surface area contributed by atoms with Crippen LogP contribution in [0.15, 0.2) is 87.6 Å². The van der Waals surface area contributed by atoms with Crippen molar-refractivity contribution >= 4 is 35.4 Å². The zero-order valence-electron chi connectivity index (χ0n) is 47.8. The van der Waals surface area contributed by atoms with E-state index in [2.05, 4.69) is 20.9 Å². The first-order chi connectivity index (χ1) is 42.9. The molecule has 0 unspecified atom stereocenters. The van der Waals surface area contributed by atoms with E-state index < -0.39 is 127 Å². The largest absolute Gasteiger partial charge is 0.503 e. The quantitative estimate of drug-likeness (QED) is 0.113. The summed E-state index contributed by atoms with van der Waals surface area (Å²) in [6, 6.07) is 8.72. The number of fused-ring (bicyclic) bond motifs is 8. The number of hydrogen-bond acceptors (Lipinski definition) is 15. The van der Waals surface area contributed by atoms with E-state index in [9.17, 15) is 84.8 Å². The molecule has 4 fully saturated rings. The minimum Gasteiger partial charge on any atom is -0.503 e. The number of ether oxygens (including phenoxy) is 2. The number of benzene rings is 3. The Hall–Kier alpha value is -9.81. The number of nitrogens with one attached hydrogen (secondary N) is 3. The molecular formula is C60H56F6N10O14. The van der Waals surface area contributed by atoms with Crippen LogP contribution < -0.4 is 32.2 Å². The van der Waals surface area contributed by atoms with Gasteiger partial charge < -0.3 is 69.1 Å². The first kappa shape index (κ1) is 61.8. The second kappa shape index (κ2) is 24.6. The van der Waals surface area contributed by atoms with Crippen LogP contribution >= 0.6 is 0 Å². The zero-order chi connectivity index (χ0) is 64.3. The highest BCUT2D eigenvalue weighted by molar-refractivity contribution is 6.01. The fourth-order valence-electron chi connectivity index (χ4n) is 12.2. The summed E-state index contributed by atoms with van der Waals surface area (Å²) in [7, 11) is 0. The lowest BCUT2D eigenvalue weighted by molar-refractivity contribution is -0.112. The number of carbonyl (C=O) groups is 6. The summed E-state index contributed by atoms with van der Waals surface area (Å²) < 4.78 is 95.6. The van der Waals surface area contributed by atoms with E-state index in [1.54, 1.807) is 11.8 Å². The van der Waals surface area contributed by atoms with Crippen LogP contribution in [-0.2, 0) is 48.7 Å². The maximum absolute atomic E-state index is 13.8. The van der Waals surface area contributed by atoms with E-state index in [0.29, 0.717) is 50.9 Å². The van der Waals surface area contributed by atoms with Gasteiger partial charge in [-0.3, -0.25) is 48.1 Å². The van der Waals surface area contributed by atoms with Crippen molar-refractivity contribution in [1.82, 2.24) is 49.3 Å². The molecule has 4 saturated heterocycles. The maximum Gasteiger partial charge on any atom is 0.276 e. The average molecular weight is 1260 g/mol. The fraction of sp³-hybridized carbons (Fsp3) is 0.350. The molecule has 24 nitrogen and oxygen atoms in total. The molecule has 0 spiro atoms. The van der Waals surface area contributed by atoms with Crippen LogP contribution in [0.2, 0.25) is 0 Å². The third-order valence-electron chi connectivity index (χ3n) is 16.8. The molecule has 6 amide bonds. The van der Waals surface area contributed by atoms with Crippen molar-refractivity contribution in [2.75, 3.05) is 26.3 Å². The molecule has 0 saturated carbocycles. The van der Waals surface area contributed by atoms with Gasteiger partial charge in [0.05, 0.1) is 38.9 Å². The normalized spacial score (nSPS) is 21.1. The third kappa shape index (κ3) is 11.5. The number of hydrogen-bond donors (Lipinski definition) is 6. The van der Waals surface area contributed by atoms with Crippen LogP contribution in [0, 0.1) is 34.9 Å². The van der Waals surface area contributed by atoms with Crippen LogP contribution in [-0.4, -0.2) is 147 Å². The standard InChI is InChI=1S/C21H20F2N4O4.C20H19F2N3O5.C19H17F2N3O5/c22-12-4-3-11(15(23)6-12)7-24-20(30)14-9-25-10-16-26-5-1-2-13(26)8-27(16)21(31)17(25)19(29)18(14)28;1-10-4-5-30-15-9-24-8-13(17(26)18(27)16(24)20(29)25(10)15)19(28)23-7-11-2-3-12(21)6-14(11)22;1-9-8-29-14-7-23-6-12(16(25)17(26)15(23)19(28)24(9)14)18(27)22-5-10-2-3-11(20)4-13(10)21/h3-4,6,9,13,16,29H,1-2,5,7-8,10H2,(H,24,30);2-3,6,8,10,15,27H,4-5,7,9H2,1H3,(H,23,28);2-4,6,9,14,26H,5,7-8H2,1H3,(H,22,27)/t13-,16+;10-,15+;9-,14+/m110/s1. The highest BCUT2D eigenvalue weighted by Gasteiger charge is 2.49. The Balaban J connectivity index is 0.000000139. The van der Waals surface area contributed by atoms with Crippen LogP contribution in [0.3, 0.4) is 0 Å².